The quantitative estimate of drug-likeness (QED) is 0.687. The highest BCUT2D eigenvalue weighted by atomic mass is 16.5. The van der Waals surface area contributed by atoms with Gasteiger partial charge >= 0.3 is 0 Å². The Kier molecular flexibility index (Phi) is 2.59. The van der Waals surface area contributed by atoms with Crippen LogP contribution < -0.4 is 4.74 Å². The van der Waals surface area contributed by atoms with E-state index in [-0.39, 0.29) is 47.2 Å². The molecule has 7 unspecified atom stereocenters. The summed E-state index contributed by atoms with van der Waals surface area (Å²) in [5.41, 5.74) is 0. The fraction of sp³-hybridized carbons (Fsp3) is 0.474. The smallest absolute Gasteiger partial charge is 0.147 e. The fourth-order valence-corrected chi connectivity index (χ4v) is 5.58. The topological polar surface area (TPSA) is 63.6 Å². The minimum atomic E-state index is -0.0274. The number of ether oxygens (including phenoxy) is 1. The van der Waals surface area contributed by atoms with E-state index in [1.54, 1.807) is 24.3 Å². The van der Waals surface area contributed by atoms with Crippen LogP contribution in [0.25, 0.3) is 0 Å². The standard InChI is InChI=1S/C19H18O4/c20-10-1-3-11(4-2-10)23-8-9-7-14-16-12-5-6-13(18(12)21)17(16)15(9)19(14)22/h1-6,9,12-17,20H,7-8H2. The summed E-state index contributed by atoms with van der Waals surface area (Å²) in [6, 6.07) is 6.65. The van der Waals surface area contributed by atoms with E-state index in [4.69, 9.17) is 4.74 Å². The number of phenols is 1. The Labute approximate surface area is 134 Å². The molecular weight excluding hydrogens is 292 g/mol. The van der Waals surface area contributed by atoms with E-state index in [0.29, 0.717) is 23.9 Å². The molecule has 4 nitrogen and oxygen atoms in total. The Hall–Kier alpha value is -2.10. The molecule has 0 amide bonds. The number of hydrogen-bond acceptors (Lipinski definition) is 4. The Morgan fingerprint density at radius 3 is 2.43 bits per heavy atom. The molecule has 118 valence electrons. The van der Waals surface area contributed by atoms with Gasteiger partial charge in [0.15, 0.2) is 0 Å². The van der Waals surface area contributed by atoms with Crippen LogP contribution in [0.5, 0.6) is 11.5 Å². The van der Waals surface area contributed by atoms with Gasteiger partial charge in [-0.1, -0.05) is 12.2 Å². The van der Waals surface area contributed by atoms with E-state index in [2.05, 4.69) is 0 Å². The van der Waals surface area contributed by atoms with Crippen LogP contribution in [0.4, 0.5) is 0 Å². The molecule has 4 bridgehead atoms. The third-order valence-corrected chi connectivity index (χ3v) is 6.40. The Morgan fingerprint density at radius 2 is 1.70 bits per heavy atom. The number of fused-ring (bicyclic) bond motifs is 9. The molecule has 0 saturated heterocycles. The van der Waals surface area contributed by atoms with Gasteiger partial charge in [-0.15, -0.1) is 0 Å². The average molecular weight is 310 g/mol. The maximum absolute atomic E-state index is 12.6. The summed E-state index contributed by atoms with van der Waals surface area (Å²) in [6.07, 6.45) is 4.91. The average Bonchev–Trinajstić information content (AvgIpc) is 3.24. The molecule has 7 atom stereocenters. The molecule has 1 aromatic rings. The Morgan fingerprint density at radius 1 is 1.00 bits per heavy atom. The number of carbonyl (C=O) groups excluding carboxylic acids is 2. The first-order chi connectivity index (χ1) is 11.1. The highest BCUT2D eigenvalue weighted by molar-refractivity contribution is 5.98. The van der Waals surface area contributed by atoms with Gasteiger partial charge in [0.1, 0.15) is 23.1 Å². The number of allylic oxidation sites excluding steroid dienone is 2. The van der Waals surface area contributed by atoms with Crippen LogP contribution in [-0.2, 0) is 9.59 Å². The number of carbonyl (C=O) groups is 2. The van der Waals surface area contributed by atoms with Gasteiger partial charge in [-0.25, -0.2) is 0 Å². The van der Waals surface area contributed by atoms with E-state index in [0.717, 1.165) is 6.42 Å². The van der Waals surface area contributed by atoms with Gasteiger partial charge in [0, 0.05) is 29.6 Å². The maximum atomic E-state index is 12.6. The number of benzene rings is 1. The lowest BCUT2D eigenvalue weighted by Crippen LogP contribution is -2.33. The third-order valence-electron chi connectivity index (χ3n) is 6.40. The molecule has 0 radical (unpaired) electrons. The van der Waals surface area contributed by atoms with Crippen LogP contribution in [-0.4, -0.2) is 23.3 Å². The lowest BCUT2D eigenvalue weighted by molar-refractivity contribution is -0.125. The first-order valence-corrected chi connectivity index (χ1v) is 8.33. The zero-order valence-corrected chi connectivity index (χ0v) is 12.6. The SMILES string of the molecule is O=C1C2C=CC1C1C3C(=O)C(CC3COc3ccc(O)cc3)C21. The summed E-state index contributed by atoms with van der Waals surface area (Å²) in [6.45, 7) is 0.510. The van der Waals surface area contributed by atoms with Crippen LogP contribution in [0.1, 0.15) is 6.42 Å². The molecule has 0 heterocycles. The number of phenolic OH excluding ortho intramolecular Hbond substituents is 1. The lowest BCUT2D eigenvalue weighted by Gasteiger charge is -2.34. The van der Waals surface area contributed by atoms with E-state index in [1.807, 2.05) is 12.2 Å². The number of hydrogen-bond donors (Lipinski definition) is 1. The van der Waals surface area contributed by atoms with Crippen molar-refractivity contribution < 1.29 is 19.4 Å². The summed E-state index contributed by atoms with van der Waals surface area (Å²) in [7, 11) is 0. The summed E-state index contributed by atoms with van der Waals surface area (Å²) < 4.78 is 5.84. The predicted molar refractivity (Wildman–Crippen MR) is 81.8 cm³/mol. The van der Waals surface area contributed by atoms with Gasteiger partial charge in [0.25, 0.3) is 0 Å². The van der Waals surface area contributed by atoms with Crippen LogP contribution in [0.2, 0.25) is 0 Å². The molecule has 5 rings (SSSR count). The minimum Gasteiger partial charge on any atom is -0.508 e. The van der Waals surface area contributed by atoms with E-state index >= 15 is 0 Å². The van der Waals surface area contributed by atoms with Gasteiger partial charge in [0.05, 0.1) is 6.61 Å². The fourth-order valence-electron chi connectivity index (χ4n) is 5.58. The van der Waals surface area contributed by atoms with Gasteiger partial charge < -0.3 is 9.84 Å². The molecule has 0 spiro atoms. The van der Waals surface area contributed by atoms with Crippen molar-refractivity contribution in [2.24, 2.45) is 41.4 Å². The van der Waals surface area contributed by atoms with E-state index in [9.17, 15) is 14.7 Å². The van der Waals surface area contributed by atoms with Crippen LogP contribution >= 0.6 is 0 Å². The second kappa shape index (κ2) is 4.47. The number of rotatable bonds is 3. The Balaban J connectivity index is 1.35. The van der Waals surface area contributed by atoms with Gasteiger partial charge in [-0.3, -0.25) is 9.59 Å². The number of ketones is 2. The van der Waals surface area contributed by atoms with Crippen LogP contribution in [0, 0.1) is 41.4 Å². The van der Waals surface area contributed by atoms with Gasteiger partial charge in [-0.2, -0.15) is 0 Å². The Bertz CT molecular complexity index is 719. The minimum absolute atomic E-state index is 0.00270. The van der Waals surface area contributed by atoms with E-state index < -0.39 is 0 Å². The maximum Gasteiger partial charge on any atom is 0.147 e. The van der Waals surface area contributed by atoms with Crippen molar-refractivity contribution >= 4 is 11.6 Å². The zero-order valence-electron chi connectivity index (χ0n) is 12.6. The van der Waals surface area contributed by atoms with Crippen molar-refractivity contribution in [3.05, 3.63) is 36.4 Å². The first-order valence-electron chi connectivity index (χ1n) is 8.33. The third kappa shape index (κ3) is 1.66. The highest BCUT2D eigenvalue weighted by Gasteiger charge is 2.68. The molecular formula is C19H18O4. The summed E-state index contributed by atoms with van der Waals surface area (Å²) in [5.74, 6) is 2.34. The molecule has 0 aliphatic heterocycles. The molecule has 4 aliphatic carbocycles. The monoisotopic (exact) mass is 310 g/mol. The second-order valence-corrected chi connectivity index (χ2v) is 7.33. The van der Waals surface area contributed by atoms with Crippen molar-refractivity contribution in [1.29, 1.82) is 0 Å². The highest BCUT2D eigenvalue weighted by Crippen LogP contribution is 2.64. The predicted octanol–water partition coefficient (Wildman–Crippen LogP) is 2.22. The van der Waals surface area contributed by atoms with Crippen molar-refractivity contribution in [2.75, 3.05) is 6.61 Å². The van der Waals surface area contributed by atoms with Gasteiger partial charge in [0.2, 0.25) is 0 Å². The summed E-state index contributed by atoms with van der Waals surface area (Å²) in [5, 5.41) is 9.31. The van der Waals surface area contributed by atoms with E-state index in [1.165, 1.54) is 0 Å². The van der Waals surface area contributed by atoms with Crippen molar-refractivity contribution in [2.45, 2.75) is 6.42 Å². The second-order valence-electron chi connectivity index (χ2n) is 7.33. The zero-order chi connectivity index (χ0) is 15.7. The van der Waals surface area contributed by atoms with Crippen molar-refractivity contribution in [3.8, 4) is 11.5 Å². The summed E-state index contributed by atoms with van der Waals surface area (Å²) >= 11 is 0. The largest absolute Gasteiger partial charge is 0.508 e. The lowest BCUT2D eigenvalue weighted by atomic mass is 9.69. The molecule has 0 aromatic heterocycles. The molecule has 3 fully saturated rings. The van der Waals surface area contributed by atoms with Crippen molar-refractivity contribution in [3.63, 3.8) is 0 Å². The van der Waals surface area contributed by atoms with Crippen LogP contribution in [0.15, 0.2) is 36.4 Å². The normalized spacial score (nSPS) is 42.5. The molecule has 1 N–H and O–H groups in total. The molecule has 3 saturated carbocycles. The number of aromatic hydroxyl groups is 1. The summed E-state index contributed by atoms with van der Waals surface area (Å²) in [4.78, 5) is 24.9. The van der Waals surface area contributed by atoms with Gasteiger partial charge in [-0.05, 0) is 42.5 Å². The molecule has 1 aromatic carbocycles. The molecule has 4 heteroatoms. The van der Waals surface area contributed by atoms with Crippen molar-refractivity contribution in [1.82, 2.24) is 0 Å². The first kappa shape index (κ1) is 13.3. The van der Waals surface area contributed by atoms with Crippen LogP contribution in [0.3, 0.4) is 0 Å². The number of Topliss-reactive ketones (excluding diaryl/α,β-unsaturated/α-hetero) is 2. The molecule has 4 aliphatic rings. The molecule has 23 heavy (non-hydrogen) atoms.